The first kappa shape index (κ1) is 58.4. The van der Waals surface area contributed by atoms with Gasteiger partial charge in [0.2, 0.25) is 0 Å². The standard InChI is InChI=1S/C21H16O.C8H10O3.2C5H10.2CH4.2CH3.4ClH.2Ti/c22-21(19-12-6-2-7-13-19,20-14-8-3-9-15-20)17-16-18-10-4-1-5-11-18;9-4-6-2-1-3-7(5-10)8(6)11;2*1-2-4-5-3-1;;;;;;;;;;/h1-15,22H;1-3,9-11H,4-5H2;2*1-5H2;2*1H4;2*1H3;4*1H;;/q;;;;;;2*-1;;;;;2*+2/p-4. The minimum atomic E-state index is -1.32. The van der Waals surface area contributed by atoms with Crippen LogP contribution in [0.5, 0.6) is 5.75 Å². The van der Waals surface area contributed by atoms with Gasteiger partial charge in [-0.15, -0.1) is 0 Å². The quantitative estimate of drug-likeness (QED) is 0.0935. The Hall–Kier alpha value is -1.29. The molecule has 0 aliphatic heterocycles. The molecule has 2 aliphatic rings. The minimum absolute atomic E-state index is 0. The molecule has 4 aromatic carbocycles. The van der Waals surface area contributed by atoms with Crippen LogP contribution in [0.2, 0.25) is 0 Å². The molecule has 0 radical (unpaired) electrons. The molecule has 2 aliphatic carbocycles. The molecule has 0 spiro atoms. The zero-order valence-corrected chi connectivity index (χ0v) is 35.8. The second-order valence-corrected chi connectivity index (χ2v) is 16.1. The third-order valence-electron chi connectivity index (χ3n) is 7.59. The van der Waals surface area contributed by atoms with E-state index in [1.807, 2.05) is 91.0 Å². The number of rotatable bonds is 4. The van der Waals surface area contributed by atoms with E-state index < -0.39 is 39.7 Å². The first-order chi connectivity index (χ1) is 23.9. The summed E-state index contributed by atoms with van der Waals surface area (Å²) in [4.78, 5) is 0. The molecule has 0 atom stereocenters. The van der Waals surface area contributed by atoms with Crippen LogP contribution in [0.4, 0.5) is 0 Å². The monoisotopic (exact) mass is 876 g/mol. The van der Waals surface area contributed by atoms with E-state index in [4.69, 9.17) is 47.4 Å². The average molecular weight is 878 g/mol. The van der Waals surface area contributed by atoms with Crippen LogP contribution in [-0.4, -0.2) is 20.4 Å². The van der Waals surface area contributed by atoms with Gasteiger partial charge in [-0.25, -0.2) is 0 Å². The molecular weight excluding hydrogens is 818 g/mol. The summed E-state index contributed by atoms with van der Waals surface area (Å²) in [5.74, 6) is 6.12. The van der Waals surface area contributed by atoms with Crippen molar-refractivity contribution in [2.45, 2.75) is 97.9 Å². The Morgan fingerprint density at radius 2 is 0.792 bits per heavy atom. The Kier molecular flexibility index (Phi) is 42.9. The van der Waals surface area contributed by atoms with Crippen molar-refractivity contribution >= 4 is 37.2 Å². The van der Waals surface area contributed by atoms with Gasteiger partial charge >= 0.3 is 71.3 Å². The van der Waals surface area contributed by atoms with E-state index in [2.05, 4.69) is 11.8 Å². The molecule has 294 valence electrons. The molecule has 0 saturated heterocycles. The van der Waals surface area contributed by atoms with Crippen LogP contribution in [0.1, 0.15) is 107 Å². The van der Waals surface area contributed by atoms with Crippen LogP contribution in [-0.2, 0) is 52.9 Å². The van der Waals surface area contributed by atoms with Gasteiger partial charge in [0.15, 0.2) is 5.60 Å². The Labute approximate surface area is 356 Å². The molecule has 4 nitrogen and oxygen atoms in total. The summed E-state index contributed by atoms with van der Waals surface area (Å²) < 4.78 is 0. The number of aliphatic hydroxyl groups excluding tert-OH is 2. The van der Waals surface area contributed by atoms with Crippen LogP contribution in [0.25, 0.3) is 0 Å². The number of hydrogen-bond donors (Lipinski definition) is 4. The Morgan fingerprint density at radius 1 is 0.509 bits per heavy atom. The normalized spacial score (nSPS) is 11.5. The maximum atomic E-state index is 11.2. The summed E-state index contributed by atoms with van der Waals surface area (Å²) in [6, 6.07) is 33.7. The Morgan fingerprint density at radius 3 is 1.08 bits per heavy atom. The predicted octanol–water partition coefficient (Wildman–Crippen LogP) is 13.2. The van der Waals surface area contributed by atoms with E-state index in [9.17, 15) is 10.2 Å². The molecule has 2 fully saturated rings. The molecule has 6 rings (SSSR count). The summed E-state index contributed by atoms with van der Waals surface area (Å²) in [5.41, 5.74) is 1.98. The fourth-order valence-corrected chi connectivity index (χ4v) is 5.02. The first-order valence-electron chi connectivity index (χ1n) is 16.3. The van der Waals surface area contributed by atoms with Crippen molar-refractivity contribution in [3.63, 3.8) is 0 Å². The van der Waals surface area contributed by atoms with Gasteiger partial charge in [-0.2, -0.15) is 0 Å². The molecule has 10 heteroatoms. The van der Waals surface area contributed by atoms with Crippen LogP contribution in [0.15, 0.2) is 109 Å². The zero-order chi connectivity index (χ0) is 36.0. The van der Waals surface area contributed by atoms with Crippen molar-refractivity contribution in [3.8, 4) is 17.6 Å². The SMILES string of the molecule is C.C.C1CCCC1.C1CCCC1.OC(C#Cc1ccccc1)(c1ccccc1)c1ccccc1.OCc1cccc(CO)c1O.[CH3-].[CH3-].[Cl][Ti][Cl].[Cl][Ti][Cl]. The van der Waals surface area contributed by atoms with Gasteiger partial charge in [-0.05, 0) is 12.1 Å². The van der Waals surface area contributed by atoms with Crippen molar-refractivity contribution in [2.75, 3.05) is 0 Å². The average Bonchev–Trinajstić information content (AvgIpc) is 3.94. The maximum absolute atomic E-state index is 11.2. The summed E-state index contributed by atoms with van der Waals surface area (Å²) in [6.45, 7) is -0.417. The van der Waals surface area contributed by atoms with E-state index in [-0.39, 0.29) is 48.7 Å². The Bertz CT molecular complexity index is 1330. The summed E-state index contributed by atoms with van der Waals surface area (Å²) in [7, 11) is 19.6. The molecule has 4 aromatic rings. The van der Waals surface area contributed by atoms with Gasteiger partial charge in [-0.1, -0.05) is 188 Å². The van der Waals surface area contributed by atoms with Crippen molar-refractivity contribution in [1.29, 1.82) is 0 Å². The number of hydrogen-bond acceptors (Lipinski definition) is 4. The van der Waals surface area contributed by atoms with Crippen molar-refractivity contribution < 1.29 is 54.5 Å². The molecule has 0 aromatic heterocycles. The topological polar surface area (TPSA) is 80.9 Å². The van der Waals surface area contributed by atoms with Crippen molar-refractivity contribution in [1.82, 2.24) is 0 Å². The van der Waals surface area contributed by atoms with E-state index in [1.54, 1.807) is 18.2 Å². The van der Waals surface area contributed by atoms with E-state index in [0.717, 1.165) is 16.7 Å². The number of phenols is 1. The van der Waals surface area contributed by atoms with Gasteiger partial charge in [0.05, 0.1) is 13.2 Å². The van der Waals surface area contributed by atoms with E-state index in [1.165, 1.54) is 64.2 Å². The van der Waals surface area contributed by atoms with Gasteiger partial charge < -0.3 is 35.3 Å². The molecule has 0 amide bonds. The molecular formula is C43H60Cl4O4Ti2-2. The zero-order valence-electron chi connectivity index (χ0n) is 29.7. The Balaban J connectivity index is -0.000000324. The van der Waals surface area contributed by atoms with Gasteiger partial charge in [-0.3, -0.25) is 0 Å². The summed E-state index contributed by atoms with van der Waals surface area (Å²) in [5, 5.41) is 37.9. The molecule has 0 bridgehead atoms. The number of aliphatic hydroxyl groups is 3. The van der Waals surface area contributed by atoms with E-state index >= 15 is 0 Å². The number of aromatic hydroxyl groups is 1. The third-order valence-corrected chi connectivity index (χ3v) is 7.59. The molecule has 0 unspecified atom stereocenters. The second kappa shape index (κ2) is 39.0. The third kappa shape index (κ3) is 25.5. The van der Waals surface area contributed by atoms with Crippen LogP contribution >= 0.6 is 37.2 Å². The van der Waals surface area contributed by atoms with Gasteiger partial charge in [0, 0.05) is 27.8 Å². The number of halogens is 4. The fourth-order valence-electron chi connectivity index (χ4n) is 5.02. The summed E-state index contributed by atoms with van der Waals surface area (Å²) >= 11 is -1.11. The van der Waals surface area contributed by atoms with Crippen LogP contribution in [0, 0.1) is 26.7 Å². The van der Waals surface area contributed by atoms with E-state index in [0.29, 0.717) is 11.1 Å². The molecule has 2 saturated carbocycles. The van der Waals surface area contributed by atoms with Gasteiger partial charge in [0.25, 0.3) is 0 Å². The fraction of sp³-hybridized carbons (Fsp3) is 0.349. The predicted molar refractivity (Wildman–Crippen MR) is 225 cm³/mol. The van der Waals surface area contributed by atoms with Crippen molar-refractivity contribution in [2.24, 2.45) is 0 Å². The molecule has 53 heavy (non-hydrogen) atoms. The number of benzene rings is 4. The first-order valence-corrected chi connectivity index (χ1v) is 24.9. The summed E-state index contributed by atoms with van der Waals surface area (Å²) in [6.07, 6.45) is 15.0. The van der Waals surface area contributed by atoms with Crippen molar-refractivity contribution in [3.05, 3.63) is 152 Å². The van der Waals surface area contributed by atoms with Crippen LogP contribution < -0.4 is 0 Å². The van der Waals surface area contributed by atoms with Gasteiger partial charge in [0.1, 0.15) is 5.75 Å². The van der Waals surface area contributed by atoms with Crippen LogP contribution in [0.3, 0.4) is 0 Å². The second-order valence-electron chi connectivity index (χ2n) is 11.0. The number of para-hydroxylation sites is 1. The molecule has 4 N–H and O–H groups in total. The molecule has 0 heterocycles.